The summed E-state index contributed by atoms with van der Waals surface area (Å²) in [4.78, 5) is 0. The van der Waals surface area contributed by atoms with Gasteiger partial charge in [-0.25, -0.2) is 0 Å². The number of aryl methyl sites for hydroxylation is 1. The lowest BCUT2D eigenvalue weighted by Gasteiger charge is -2.04. The first-order chi connectivity index (χ1) is 5.79. The summed E-state index contributed by atoms with van der Waals surface area (Å²) in [6, 6.07) is 6.76. The van der Waals surface area contributed by atoms with Crippen molar-refractivity contribution in [2.24, 2.45) is 0 Å². The van der Waals surface area contributed by atoms with Crippen LogP contribution in [-0.2, 0) is 6.42 Å². The molecular weight excluding hydrogens is 144 g/mol. The van der Waals surface area contributed by atoms with E-state index in [1.54, 1.807) is 0 Å². The van der Waals surface area contributed by atoms with Crippen LogP contribution in [0.1, 0.15) is 42.4 Å². The Hall–Kier alpha value is -0.780. The standard InChI is InChI=1S/C12H15/c1-3-10-6-9(2)7-12(8-10)11-4-5-11/h6-8,11H,2-5H2,1H3. The van der Waals surface area contributed by atoms with E-state index in [2.05, 4.69) is 32.0 Å². The van der Waals surface area contributed by atoms with E-state index in [0.717, 1.165) is 12.3 Å². The highest BCUT2D eigenvalue weighted by atomic mass is 14.3. The van der Waals surface area contributed by atoms with Crippen molar-refractivity contribution in [3.63, 3.8) is 0 Å². The Morgan fingerprint density at radius 3 is 2.67 bits per heavy atom. The molecule has 0 atom stereocenters. The molecule has 1 aromatic rings. The van der Waals surface area contributed by atoms with E-state index in [1.165, 1.54) is 29.5 Å². The van der Waals surface area contributed by atoms with Crippen molar-refractivity contribution in [3.05, 3.63) is 41.8 Å². The third kappa shape index (κ3) is 1.52. The van der Waals surface area contributed by atoms with Gasteiger partial charge in [0, 0.05) is 0 Å². The van der Waals surface area contributed by atoms with Crippen molar-refractivity contribution in [1.82, 2.24) is 0 Å². The first-order valence-corrected chi connectivity index (χ1v) is 4.75. The summed E-state index contributed by atoms with van der Waals surface area (Å²) >= 11 is 0. The van der Waals surface area contributed by atoms with Crippen LogP contribution < -0.4 is 0 Å². The summed E-state index contributed by atoms with van der Waals surface area (Å²) in [5, 5.41) is 0. The van der Waals surface area contributed by atoms with Gasteiger partial charge in [0.2, 0.25) is 0 Å². The third-order valence-corrected chi connectivity index (χ3v) is 2.53. The van der Waals surface area contributed by atoms with Crippen LogP contribution in [-0.4, -0.2) is 0 Å². The highest BCUT2D eigenvalue weighted by molar-refractivity contribution is 5.35. The lowest BCUT2D eigenvalue weighted by molar-refractivity contribution is 1.08. The van der Waals surface area contributed by atoms with E-state index in [4.69, 9.17) is 0 Å². The zero-order valence-electron chi connectivity index (χ0n) is 7.64. The van der Waals surface area contributed by atoms with E-state index < -0.39 is 0 Å². The fraction of sp³-hybridized carbons (Fsp3) is 0.417. The van der Waals surface area contributed by atoms with Gasteiger partial charge in [0.25, 0.3) is 0 Å². The predicted molar refractivity (Wildman–Crippen MR) is 52.3 cm³/mol. The lowest BCUT2D eigenvalue weighted by atomic mass is 10.0. The molecule has 0 amide bonds. The maximum absolute atomic E-state index is 4.00. The Bertz CT molecular complexity index is 282. The molecule has 0 spiro atoms. The molecule has 1 radical (unpaired) electrons. The topological polar surface area (TPSA) is 0 Å². The smallest absolute Gasteiger partial charge is 0.0161 e. The highest BCUT2D eigenvalue weighted by Gasteiger charge is 2.23. The zero-order valence-corrected chi connectivity index (χ0v) is 7.64. The summed E-state index contributed by atoms with van der Waals surface area (Å²) in [6.45, 7) is 6.20. The van der Waals surface area contributed by atoms with Gasteiger partial charge in [0.1, 0.15) is 0 Å². The van der Waals surface area contributed by atoms with Gasteiger partial charge >= 0.3 is 0 Å². The molecule has 0 N–H and O–H groups in total. The molecule has 1 saturated carbocycles. The Morgan fingerprint density at radius 2 is 2.08 bits per heavy atom. The summed E-state index contributed by atoms with van der Waals surface area (Å²) in [5.74, 6) is 0.858. The largest absolute Gasteiger partial charge is 0.0613 e. The zero-order chi connectivity index (χ0) is 8.55. The Labute approximate surface area is 74.6 Å². The minimum absolute atomic E-state index is 0.858. The van der Waals surface area contributed by atoms with Crippen LogP contribution in [0.15, 0.2) is 18.2 Å². The molecule has 0 unspecified atom stereocenters. The molecule has 0 heteroatoms. The molecular formula is C12H15. The fourth-order valence-corrected chi connectivity index (χ4v) is 1.65. The van der Waals surface area contributed by atoms with Crippen LogP contribution in [0.5, 0.6) is 0 Å². The summed E-state index contributed by atoms with van der Waals surface area (Å²) in [5.41, 5.74) is 4.13. The van der Waals surface area contributed by atoms with E-state index in [9.17, 15) is 0 Å². The number of benzene rings is 1. The van der Waals surface area contributed by atoms with E-state index in [0.29, 0.717) is 0 Å². The second-order valence-electron chi connectivity index (χ2n) is 3.71. The molecule has 0 heterocycles. The molecule has 0 aliphatic heterocycles. The Morgan fingerprint density at radius 1 is 1.33 bits per heavy atom. The molecule has 0 nitrogen and oxygen atoms in total. The monoisotopic (exact) mass is 159 g/mol. The second-order valence-corrected chi connectivity index (χ2v) is 3.71. The van der Waals surface area contributed by atoms with Gasteiger partial charge in [-0.05, 0) is 48.8 Å². The van der Waals surface area contributed by atoms with Crippen molar-refractivity contribution < 1.29 is 0 Å². The fourth-order valence-electron chi connectivity index (χ4n) is 1.65. The molecule has 1 aliphatic carbocycles. The second kappa shape index (κ2) is 2.93. The van der Waals surface area contributed by atoms with Crippen molar-refractivity contribution in [2.45, 2.75) is 32.1 Å². The quantitative estimate of drug-likeness (QED) is 0.621. The normalized spacial score (nSPS) is 16.5. The molecule has 0 saturated heterocycles. The molecule has 1 fully saturated rings. The average molecular weight is 159 g/mol. The van der Waals surface area contributed by atoms with E-state index >= 15 is 0 Å². The molecule has 1 aliphatic rings. The Balaban J connectivity index is 2.34. The van der Waals surface area contributed by atoms with Gasteiger partial charge < -0.3 is 0 Å². The molecule has 0 aromatic heterocycles. The van der Waals surface area contributed by atoms with Crippen molar-refractivity contribution in [2.75, 3.05) is 0 Å². The first-order valence-electron chi connectivity index (χ1n) is 4.75. The van der Waals surface area contributed by atoms with E-state index in [1.807, 2.05) is 0 Å². The lowest BCUT2D eigenvalue weighted by Crippen LogP contribution is -1.87. The van der Waals surface area contributed by atoms with Crippen LogP contribution in [0.3, 0.4) is 0 Å². The van der Waals surface area contributed by atoms with Gasteiger partial charge in [0.15, 0.2) is 0 Å². The van der Waals surface area contributed by atoms with Crippen molar-refractivity contribution >= 4 is 0 Å². The van der Waals surface area contributed by atoms with Crippen LogP contribution >= 0.6 is 0 Å². The third-order valence-electron chi connectivity index (χ3n) is 2.53. The number of hydrogen-bond donors (Lipinski definition) is 0. The van der Waals surface area contributed by atoms with Crippen LogP contribution in [0.4, 0.5) is 0 Å². The van der Waals surface area contributed by atoms with Gasteiger partial charge in [-0.15, -0.1) is 0 Å². The van der Waals surface area contributed by atoms with Gasteiger partial charge in [-0.1, -0.05) is 25.1 Å². The average Bonchev–Trinajstić information content (AvgIpc) is 2.85. The molecule has 2 rings (SSSR count). The number of rotatable bonds is 2. The summed E-state index contributed by atoms with van der Waals surface area (Å²) in [7, 11) is 0. The maximum Gasteiger partial charge on any atom is -0.0161 e. The summed E-state index contributed by atoms with van der Waals surface area (Å²) in [6.07, 6.45) is 3.89. The van der Waals surface area contributed by atoms with Crippen LogP contribution in [0.25, 0.3) is 0 Å². The van der Waals surface area contributed by atoms with Gasteiger partial charge in [-0.3, -0.25) is 0 Å². The van der Waals surface area contributed by atoms with Crippen LogP contribution in [0, 0.1) is 6.92 Å². The van der Waals surface area contributed by atoms with Gasteiger partial charge in [0.05, 0.1) is 0 Å². The molecule has 63 valence electrons. The number of hydrogen-bond acceptors (Lipinski definition) is 0. The Kier molecular flexibility index (Phi) is 1.92. The molecule has 12 heavy (non-hydrogen) atoms. The molecule has 1 aromatic carbocycles. The van der Waals surface area contributed by atoms with Crippen molar-refractivity contribution in [3.8, 4) is 0 Å². The first kappa shape index (κ1) is 7.85. The predicted octanol–water partition coefficient (Wildman–Crippen LogP) is 3.31. The van der Waals surface area contributed by atoms with Crippen molar-refractivity contribution in [1.29, 1.82) is 0 Å². The SMILES string of the molecule is [CH2]c1cc(CC)cc(C2CC2)c1. The van der Waals surface area contributed by atoms with Crippen LogP contribution in [0.2, 0.25) is 0 Å². The summed E-state index contributed by atoms with van der Waals surface area (Å²) < 4.78 is 0. The maximum atomic E-state index is 4.00. The van der Waals surface area contributed by atoms with E-state index in [-0.39, 0.29) is 0 Å². The molecule has 0 bridgehead atoms. The minimum atomic E-state index is 0.858. The highest BCUT2D eigenvalue weighted by Crippen LogP contribution is 2.40. The minimum Gasteiger partial charge on any atom is -0.0613 e. The van der Waals surface area contributed by atoms with Gasteiger partial charge in [-0.2, -0.15) is 0 Å².